The van der Waals surface area contributed by atoms with Crippen molar-refractivity contribution in [3.8, 4) is 5.75 Å². The molecule has 0 atom stereocenters. The third kappa shape index (κ3) is 4.32. The molecule has 3 rings (SSSR count). The molecule has 1 aromatic heterocycles. The maximum Gasteiger partial charge on any atom is 0.262 e. The number of aromatic nitrogens is 2. The van der Waals surface area contributed by atoms with Crippen LogP contribution < -0.4 is 10.3 Å². The minimum absolute atomic E-state index is 0.0550. The second-order valence-electron chi connectivity index (χ2n) is 5.62. The summed E-state index contributed by atoms with van der Waals surface area (Å²) in [6.07, 6.45) is 2.47. The summed E-state index contributed by atoms with van der Waals surface area (Å²) in [6, 6.07) is 13.3. The van der Waals surface area contributed by atoms with Crippen LogP contribution in [0.5, 0.6) is 5.75 Å². The van der Waals surface area contributed by atoms with E-state index < -0.39 is 0 Å². The molecule has 134 valence electrons. The number of hydrogen-bond donors (Lipinski definition) is 0. The number of rotatable bonds is 8. The first-order valence-electron chi connectivity index (χ1n) is 8.30. The monoisotopic (exact) mass is 370 g/mol. The van der Waals surface area contributed by atoms with Gasteiger partial charge in [-0.2, -0.15) is 0 Å². The third-order valence-corrected chi connectivity index (χ3v) is 4.80. The Hall–Kier alpha value is -2.60. The second-order valence-corrected chi connectivity index (χ2v) is 6.68. The highest BCUT2D eigenvalue weighted by Crippen LogP contribution is 2.19. The lowest BCUT2D eigenvalue weighted by molar-refractivity contribution is 0.318. The molecule has 4 nitrogen and oxygen atoms in total. The van der Waals surface area contributed by atoms with Crippen LogP contribution in [0.3, 0.4) is 0 Å². The van der Waals surface area contributed by atoms with E-state index in [1.54, 1.807) is 28.8 Å². The number of fused-ring (bicyclic) bond motifs is 1. The van der Waals surface area contributed by atoms with Crippen molar-refractivity contribution >= 4 is 22.7 Å². The second kappa shape index (κ2) is 8.67. The van der Waals surface area contributed by atoms with Crippen LogP contribution in [0.15, 0.2) is 71.1 Å². The van der Waals surface area contributed by atoms with Gasteiger partial charge < -0.3 is 4.74 Å². The summed E-state index contributed by atoms with van der Waals surface area (Å²) >= 11 is 1.52. The average molecular weight is 370 g/mol. The van der Waals surface area contributed by atoms with Crippen LogP contribution >= 0.6 is 11.8 Å². The summed E-state index contributed by atoms with van der Waals surface area (Å²) in [7, 11) is 0. The largest absolute Gasteiger partial charge is 0.494 e. The molecule has 6 heteroatoms. The molecular weight excluding hydrogens is 351 g/mol. The van der Waals surface area contributed by atoms with Gasteiger partial charge in [0.1, 0.15) is 11.6 Å². The molecule has 0 aliphatic rings. The van der Waals surface area contributed by atoms with E-state index in [0.717, 1.165) is 12.2 Å². The number of benzene rings is 2. The van der Waals surface area contributed by atoms with Gasteiger partial charge in [0.2, 0.25) is 0 Å². The van der Waals surface area contributed by atoms with E-state index in [0.29, 0.717) is 35.0 Å². The van der Waals surface area contributed by atoms with Crippen molar-refractivity contribution in [2.75, 3.05) is 12.4 Å². The van der Waals surface area contributed by atoms with Crippen LogP contribution in [0.1, 0.15) is 6.42 Å². The summed E-state index contributed by atoms with van der Waals surface area (Å²) in [5.74, 6) is 1.11. The molecule has 0 bridgehead atoms. The summed E-state index contributed by atoms with van der Waals surface area (Å²) in [5, 5.41) is 1.29. The van der Waals surface area contributed by atoms with Crippen molar-refractivity contribution in [3.63, 3.8) is 0 Å². The fourth-order valence-electron chi connectivity index (χ4n) is 2.49. The fourth-order valence-corrected chi connectivity index (χ4v) is 3.41. The van der Waals surface area contributed by atoms with Crippen molar-refractivity contribution in [3.05, 3.63) is 77.4 Å². The first-order valence-corrected chi connectivity index (χ1v) is 9.29. The van der Waals surface area contributed by atoms with E-state index in [1.165, 1.54) is 23.9 Å². The molecule has 0 aliphatic carbocycles. The summed E-state index contributed by atoms with van der Waals surface area (Å²) < 4.78 is 20.1. The highest BCUT2D eigenvalue weighted by molar-refractivity contribution is 7.99. The zero-order chi connectivity index (χ0) is 18.4. The molecule has 1 heterocycles. The van der Waals surface area contributed by atoms with Crippen LogP contribution in [-0.2, 0) is 6.54 Å². The van der Waals surface area contributed by atoms with Crippen molar-refractivity contribution in [1.82, 2.24) is 9.55 Å². The predicted octanol–water partition coefficient (Wildman–Crippen LogP) is 4.28. The Morgan fingerprint density at radius 1 is 1.19 bits per heavy atom. The van der Waals surface area contributed by atoms with E-state index in [9.17, 15) is 9.18 Å². The Morgan fingerprint density at radius 2 is 1.96 bits per heavy atom. The molecule has 0 saturated carbocycles. The lowest BCUT2D eigenvalue weighted by Gasteiger charge is -2.11. The van der Waals surface area contributed by atoms with Gasteiger partial charge in [-0.05, 0) is 42.8 Å². The van der Waals surface area contributed by atoms with Gasteiger partial charge in [0, 0.05) is 12.3 Å². The number of ether oxygens (including phenoxy) is 1. The molecule has 0 aliphatic heterocycles. The van der Waals surface area contributed by atoms with Gasteiger partial charge in [-0.3, -0.25) is 9.36 Å². The van der Waals surface area contributed by atoms with E-state index in [4.69, 9.17) is 4.74 Å². The summed E-state index contributed by atoms with van der Waals surface area (Å²) in [5.41, 5.74) is 0.642. The Balaban J connectivity index is 1.64. The minimum atomic E-state index is -0.282. The predicted molar refractivity (Wildman–Crippen MR) is 103 cm³/mol. The zero-order valence-electron chi connectivity index (χ0n) is 14.2. The van der Waals surface area contributed by atoms with Crippen molar-refractivity contribution in [1.29, 1.82) is 0 Å². The Labute approximate surface area is 155 Å². The summed E-state index contributed by atoms with van der Waals surface area (Å²) in [4.78, 5) is 17.3. The number of thioether (sulfide) groups is 1. The smallest absolute Gasteiger partial charge is 0.262 e. The summed E-state index contributed by atoms with van der Waals surface area (Å²) in [6.45, 7) is 4.66. The Kier molecular flexibility index (Phi) is 6.07. The van der Waals surface area contributed by atoms with Gasteiger partial charge in [-0.1, -0.05) is 30.0 Å². The lowest BCUT2D eigenvalue weighted by atomic mass is 10.2. The van der Waals surface area contributed by atoms with E-state index >= 15 is 0 Å². The average Bonchev–Trinajstić information content (AvgIpc) is 2.66. The van der Waals surface area contributed by atoms with E-state index in [-0.39, 0.29) is 11.4 Å². The van der Waals surface area contributed by atoms with Crippen LogP contribution in [0, 0.1) is 5.82 Å². The SMILES string of the molecule is C=CCn1c(SCCCOc2ccc(F)cc2)nc2ccccc2c1=O. The molecule has 0 radical (unpaired) electrons. The van der Waals surface area contributed by atoms with Gasteiger partial charge in [0.25, 0.3) is 5.56 Å². The van der Waals surface area contributed by atoms with E-state index in [1.807, 2.05) is 18.2 Å². The van der Waals surface area contributed by atoms with Crippen molar-refractivity contribution in [2.24, 2.45) is 0 Å². The topological polar surface area (TPSA) is 44.1 Å². The van der Waals surface area contributed by atoms with Crippen molar-refractivity contribution < 1.29 is 9.13 Å². The highest BCUT2D eigenvalue weighted by Gasteiger charge is 2.10. The normalized spacial score (nSPS) is 10.8. The zero-order valence-corrected chi connectivity index (χ0v) is 15.0. The molecule has 0 fully saturated rings. The number of halogens is 1. The molecule has 0 unspecified atom stereocenters. The first-order chi connectivity index (χ1) is 12.7. The molecule has 0 amide bonds. The molecule has 3 aromatic rings. The van der Waals surface area contributed by atoms with Crippen LogP contribution in [0.25, 0.3) is 10.9 Å². The molecule has 2 aromatic carbocycles. The van der Waals surface area contributed by atoms with E-state index in [2.05, 4.69) is 11.6 Å². The Morgan fingerprint density at radius 3 is 2.73 bits per heavy atom. The quantitative estimate of drug-likeness (QED) is 0.257. The number of hydrogen-bond acceptors (Lipinski definition) is 4. The molecule has 26 heavy (non-hydrogen) atoms. The molecular formula is C20H19FN2O2S. The standard InChI is InChI=1S/C20H19FN2O2S/c1-2-12-23-19(24)17-6-3-4-7-18(17)22-20(23)26-14-5-13-25-16-10-8-15(21)9-11-16/h2-4,6-11H,1,5,12-14H2. The number of para-hydroxylation sites is 1. The molecule has 0 spiro atoms. The van der Waals surface area contributed by atoms with Crippen LogP contribution in [-0.4, -0.2) is 21.9 Å². The molecule has 0 saturated heterocycles. The Bertz CT molecular complexity index is 954. The number of allylic oxidation sites excluding steroid dienone is 1. The molecule has 0 N–H and O–H groups in total. The maximum atomic E-state index is 12.9. The van der Waals surface area contributed by atoms with Crippen LogP contribution in [0.4, 0.5) is 4.39 Å². The lowest BCUT2D eigenvalue weighted by Crippen LogP contribution is -2.22. The van der Waals surface area contributed by atoms with Crippen LogP contribution in [0.2, 0.25) is 0 Å². The van der Waals surface area contributed by atoms with Gasteiger partial charge >= 0.3 is 0 Å². The van der Waals surface area contributed by atoms with Gasteiger partial charge in [-0.25, -0.2) is 9.37 Å². The van der Waals surface area contributed by atoms with Crippen molar-refractivity contribution in [2.45, 2.75) is 18.1 Å². The van der Waals surface area contributed by atoms with Gasteiger partial charge in [0.05, 0.1) is 17.5 Å². The fraction of sp³-hybridized carbons (Fsp3) is 0.200. The maximum absolute atomic E-state index is 12.9. The van der Waals surface area contributed by atoms with Gasteiger partial charge in [-0.15, -0.1) is 6.58 Å². The minimum Gasteiger partial charge on any atom is -0.494 e. The third-order valence-electron chi connectivity index (χ3n) is 3.74. The van der Waals surface area contributed by atoms with Gasteiger partial charge in [0.15, 0.2) is 5.16 Å². The first kappa shape index (κ1) is 18.2. The number of nitrogens with zero attached hydrogens (tertiary/aromatic N) is 2. The highest BCUT2D eigenvalue weighted by atomic mass is 32.2.